The summed E-state index contributed by atoms with van der Waals surface area (Å²) in [7, 11) is -3.44. The fraction of sp³-hybridized carbons (Fsp3) is 0.562. The fourth-order valence-electron chi connectivity index (χ4n) is 2.68. The van der Waals surface area contributed by atoms with Gasteiger partial charge in [0.15, 0.2) is 0 Å². The molecule has 7 heteroatoms. The summed E-state index contributed by atoms with van der Waals surface area (Å²) in [5.74, 6) is 0.285. The second-order valence-electron chi connectivity index (χ2n) is 6.02. The molecule has 1 fully saturated rings. The molecule has 2 rings (SSSR count). The van der Waals surface area contributed by atoms with Gasteiger partial charge in [-0.05, 0) is 24.3 Å². The van der Waals surface area contributed by atoms with Crippen molar-refractivity contribution in [1.82, 2.24) is 14.3 Å². The summed E-state index contributed by atoms with van der Waals surface area (Å²) in [6, 6.07) is 9.45. The predicted octanol–water partition coefficient (Wildman–Crippen LogP) is 0.912. The molecule has 1 atom stereocenters. The van der Waals surface area contributed by atoms with E-state index in [0.717, 1.165) is 18.4 Å². The highest BCUT2D eigenvalue weighted by Gasteiger charge is 2.26. The molecule has 0 bridgehead atoms. The Hall–Kier alpha value is -1.44. The second-order valence-corrected chi connectivity index (χ2v) is 7.77. The zero-order chi connectivity index (χ0) is 16.7. The number of hydrogen-bond donors (Lipinski definition) is 2. The number of nitrogens with zero attached hydrogens (tertiary/aromatic N) is 1. The third-order valence-corrected chi connectivity index (χ3v) is 5.48. The summed E-state index contributed by atoms with van der Waals surface area (Å²) in [5.41, 5.74) is 0.938. The molecule has 23 heavy (non-hydrogen) atoms. The molecule has 128 valence electrons. The molecule has 1 saturated heterocycles. The highest BCUT2D eigenvalue weighted by molar-refractivity contribution is 7.87. The molecule has 1 aliphatic rings. The van der Waals surface area contributed by atoms with Crippen molar-refractivity contribution in [2.45, 2.75) is 26.2 Å². The van der Waals surface area contributed by atoms with Crippen LogP contribution in [0.1, 0.15) is 25.3 Å². The molecule has 0 aliphatic carbocycles. The number of amides is 1. The topological polar surface area (TPSA) is 78.5 Å². The molecule has 1 heterocycles. The summed E-state index contributed by atoms with van der Waals surface area (Å²) in [6.45, 7) is 3.68. The normalized spacial score (nSPS) is 19.4. The first-order valence-corrected chi connectivity index (χ1v) is 9.47. The van der Waals surface area contributed by atoms with Gasteiger partial charge in [-0.25, -0.2) is 4.72 Å². The van der Waals surface area contributed by atoms with Crippen LogP contribution in [0, 0.1) is 5.92 Å². The number of hydrogen-bond acceptors (Lipinski definition) is 3. The van der Waals surface area contributed by atoms with Crippen LogP contribution in [0.2, 0.25) is 0 Å². The van der Waals surface area contributed by atoms with E-state index in [1.807, 2.05) is 30.3 Å². The van der Waals surface area contributed by atoms with E-state index in [0.29, 0.717) is 25.4 Å². The molecule has 1 amide bonds. The average Bonchev–Trinajstić information content (AvgIpc) is 2.53. The largest absolute Gasteiger partial charge is 0.354 e. The van der Waals surface area contributed by atoms with Crippen molar-refractivity contribution < 1.29 is 13.2 Å². The molecule has 0 radical (unpaired) electrons. The van der Waals surface area contributed by atoms with E-state index < -0.39 is 10.2 Å². The first-order valence-electron chi connectivity index (χ1n) is 8.03. The third kappa shape index (κ3) is 5.93. The standard InChI is InChI=1S/C16H25N3O3S/c1-14-6-5-11-19(13-14)23(21,22)18-10-9-17-16(20)12-15-7-3-2-4-8-15/h2-4,7-8,14,18H,5-6,9-13H2,1H3,(H,17,20)/t14-/m0/s1. The van der Waals surface area contributed by atoms with Crippen molar-refractivity contribution in [3.8, 4) is 0 Å². The molecular formula is C16H25N3O3S. The van der Waals surface area contributed by atoms with Gasteiger partial charge in [0.05, 0.1) is 6.42 Å². The Morgan fingerprint density at radius 2 is 2.00 bits per heavy atom. The van der Waals surface area contributed by atoms with Crippen LogP contribution in [0.4, 0.5) is 0 Å². The Bertz CT molecular complexity index is 604. The zero-order valence-electron chi connectivity index (χ0n) is 13.5. The molecule has 1 aromatic rings. The van der Waals surface area contributed by atoms with Crippen LogP contribution in [-0.4, -0.2) is 44.8 Å². The lowest BCUT2D eigenvalue weighted by molar-refractivity contribution is -0.120. The highest BCUT2D eigenvalue weighted by Crippen LogP contribution is 2.17. The lowest BCUT2D eigenvalue weighted by atomic mass is 10.0. The van der Waals surface area contributed by atoms with Crippen molar-refractivity contribution in [2.75, 3.05) is 26.2 Å². The van der Waals surface area contributed by atoms with Gasteiger partial charge in [-0.3, -0.25) is 4.79 Å². The summed E-state index contributed by atoms with van der Waals surface area (Å²) in [5, 5.41) is 2.73. The molecule has 1 aromatic carbocycles. The number of carbonyl (C=O) groups excluding carboxylic acids is 1. The predicted molar refractivity (Wildman–Crippen MR) is 90.0 cm³/mol. The van der Waals surface area contributed by atoms with Gasteiger partial charge in [0.25, 0.3) is 10.2 Å². The summed E-state index contributed by atoms with van der Waals surface area (Å²) >= 11 is 0. The lowest BCUT2D eigenvalue weighted by Crippen LogP contribution is -2.47. The number of piperidine rings is 1. The molecule has 0 unspecified atom stereocenters. The van der Waals surface area contributed by atoms with Crippen molar-refractivity contribution >= 4 is 16.1 Å². The zero-order valence-corrected chi connectivity index (χ0v) is 14.3. The molecule has 6 nitrogen and oxygen atoms in total. The molecular weight excluding hydrogens is 314 g/mol. The van der Waals surface area contributed by atoms with Crippen molar-refractivity contribution in [3.05, 3.63) is 35.9 Å². The Morgan fingerprint density at radius 1 is 1.26 bits per heavy atom. The monoisotopic (exact) mass is 339 g/mol. The lowest BCUT2D eigenvalue weighted by Gasteiger charge is -2.29. The number of benzene rings is 1. The SMILES string of the molecule is C[C@H]1CCCN(S(=O)(=O)NCCNC(=O)Cc2ccccc2)C1. The van der Waals surface area contributed by atoms with Gasteiger partial charge in [-0.1, -0.05) is 37.3 Å². The van der Waals surface area contributed by atoms with Crippen molar-refractivity contribution in [1.29, 1.82) is 0 Å². The number of carbonyl (C=O) groups is 1. The quantitative estimate of drug-likeness (QED) is 0.725. The van der Waals surface area contributed by atoms with Crippen LogP contribution in [0.5, 0.6) is 0 Å². The Balaban J connectivity index is 1.69. The minimum absolute atomic E-state index is 0.109. The summed E-state index contributed by atoms with van der Waals surface area (Å²) < 4.78 is 28.4. The van der Waals surface area contributed by atoms with Crippen LogP contribution < -0.4 is 10.0 Å². The Kier molecular flexibility index (Phi) is 6.56. The van der Waals surface area contributed by atoms with E-state index in [1.165, 1.54) is 4.31 Å². The van der Waals surface area contributed by atoms with Crippen LogP contribution >= 0.6 is 0 Å². The van der Waals surface area contributed by atoms with E-state index >= 15 is 0 Å². The molecule has 2 N–H and O–H groups in total. The van der Waals surface area contributed by atoms with E-state index in [2.05, 4.69) is 17.0 Å². The maximum atomic E-state index is 12.2. The Morgan fingerprint density at radius 3 is 2.70 bits per heavy atom. The summed E-state index contributed by atoms with van der Waals surface area (Å²) in [4.78, 5) is 11.8. The smallest absolute Gasteiger partial charge is 0.279 e. The highest BCUT2D eigenvalue weighted by atomic mass is 32.2. The van der Waals surface area contributed by atoms with Gasteiger partial charge in [0, 0.05) is 26.2 Å². The van der Waals surface area contributed by atoms with Gasteiger partial charge >= 0.3 is 0 Å². The molecule has 0 saturated carbocycles. The van der Waals surface area contributed by atoms with Crippen LogP contribution in [0.3, 0.4) is 0 Å². The first-order chi connectivity index (χ1) is 11.0. The molecule has 0 aromatic heterocycles. The van der Waals surface area contributed by atoms with Gasteiger partial charge in [0.2, 0.25) is 5.91 Å². The van der Waals surface area contributed by atoms with E-state index in [-0.39, 0.29) is 19.0 Å². The summed E-state index contributed by atoms with van der Waals surface area (Å²) in [6.07, 6.45) is 2.27. The van der Waals surface area contributed by atoms with Crippen molar-refractivity contribution in [3.63, 3.8) is 0 Å². The van der Waals surface area contributed by atoms with Gasteiger partial charge < -0.3 is 5.32 Å². The van der Waals surface area contributed by atoms with Gasteiger partial charge in [-0.2, -0.15) is 12.7 Å². The van der Waals surface area contributed by atoms with Crippen LogP contribution in [-0.2, 0) is 21.4 Å². The second kappa shape index (κ2) is 8.42. The third-order valence-electron chi connectivity index (χ3n) is 3.90. The van der Waals surface area contributed by atoms with Gasteiger partial charge in [-0.15, -0.1) is 0 Å². The number of rotatable bonds is 7. The number of nitrogens with one attached hydrogen (secondary N) is 2. The maximum absolute atomic E-state index is 12.2. The first kappa shape index (κ1) is 17.9. The van der Waals surface area contributed by atoms with E-state index in [1.54, 1.807) is 0 Å². The van der Waals surface area contributed by atoms with E-state index in [9.17, 15) is 13.2 Å². The van der Waals surface area contributed by atoms with Crippen LogP contribution in [0.25, 0.3) is 0 Å². The minimum atomic E-state index is -3.44. The van der Waals surface area contributed by atoms with Crippen molar-refractivity contribution in [2.24, 2.45) is 5.92 Å². The van der Waals surface area contributed by atoms with E-state index in [4.69, 9.17) is 0 Å². The maximum Gasteiger partial charge on any atom is 0.279 e. The fourth-order valence-corrected chi connectivity index (χ4v) is 4.04. The van der Waals surface area contributed by atoms with Gasteiger partial charge in [0.1, 0.15) is 0 Å². The Labute approximate surface area is 138 Å². The van der Waals surface area contributed by atoms with Crippen LogP contribution in [0.15, 0.2) is 30.3 Å². The minimum Gasteiger partial charge on any atom is -0.354 e. The average molecular weight is 339 g/mol. The molecule has 0 spiro atoms. The molecule has 1 aliphatic heterocycles.